The summed E-state index contributed by atoms with van der Waals surface area (Å²) in [6.07, 6.45) is 3.27. The van der Waals surface area contributed by atoms with E-state index in [1.54, 1.807) is 18.2 Å². The Bertz CT molecular complexity index is 684. The highest BCUT2D eigenvalue weighted by molar-refractivity contribution is 7.99. The lowest BCUT2D eigenvalue weighted by Crippen LogP contribution is -2.15. The summed E-state index contributed by atoms with van der Waals surface area (Å²) >= 11 is 7.09. The Hall–Kier alpha value is -1.86. The Morgan fingerprint density at radius 2 is 2.26 bits per heavy atom. The maximum absolute atomic E-state index is 12.0. The van der Waals surface area contributed by atoms with E-state index >= 15 is 0 Å². The highest BCUT2D eigenvalue weighted by atomic mass is 35.5. The van der Waals surface area contributed by atoms with Crippen molar-refractivity contribution in [2.24, 2.45) is 0 Å². The second-order valence-corrected chi connectivity index (χ2v) is 6.47. The topological polar surface area (TPSA) is 72.7 Å². The summed E-state index contributed by atoms with van der Waals surface area (Å²) in [5.41, 5.74) is 0. The van der Waals surface area contributed by atoms with E-state index in [4.69, 9.17) is 11.6 Å². The Morgan fingerprint density at radius 3 is 2.87 bits per heavy atom. The number of hydrogen-bond donors (Lipinski definition) is 1. The molecule has 8 heteroatoms. The molecule has 2 aromatic rings. The standard InChI is InChI=1S/C15H18ClN5OS/c1-4-7-21-14(10(2)3)19-20-15(21)23-9-13(22)18-12-6-5-11(16)8-17-12/h4-6,8,10H,1,7,9H2,2-3H3,(H,17,18,22). The van der Waals surface area contributed by atoms with Crippen LogP contribution < -0.4 is 5.32 Å². The van der Waals surface area contributed by atoms with Crippen LogP contribution in [0.3, 0.4) is 0 Å². The van der Waals surface area contributed by atoms with Crippen LogP contribution in [-0.4, -0.2) is 31.4 Å². The minimum absolute atomic E-state index is 0.163. The number of thioether (sulfide) groups is 1. The molecule has 2 rings (SSSR count). The summed E-state index contributed by atoms with van der Waals surface area (Å²) in [6.45, 7) is 8.47. The van der Waals surface area contributed by atoms with Gasteiger partial charge in [0, 0.05) is 18.7 Å². The molecule has 122 valence electrons. The summed E-state index contributed by atoms with van der Waals surface area (Å²) in [5.74, 6) is 1.66. The zero-order chi connectivity index (χ0) is 16.8. The summed E-state index contributed by atoms with van der Waals surface area (Å²) in [4.78, 5) is 16.0. The van der Waals surface area contributed by atoms with Crippen molar-refractivity contribution in [3.63, 3.8) is 0 Å². The van der Waals surface area contributed by atoms with E-state index in [9.17, 15) is 4.79 Å². The van der Waals surface area contributed by atoms with Gasteiger partial charge in [0.25, 0.3) is 0 Å². The fraction of sp³-hybridized carbons (Fsp3) is 0.333. The van der Waals surface area contributed by atoms with Crippen LogP contribution in [0.1, 0.15) is 25.6 Å². The predicted octanol–water partition coefficient (Wildman–Crippen LogP) is 3.37. The fourth-order valence-corrected chi connectivity index (χ4v) is 2.76. The van der Waals surface area contributed by atoms with Crippen molar-refractivity contribution in [3.05, 3.63) is 41.8 Å². The summed E-state index contributed by atoms with van der Waals surface area (Å²) < 4.78 is 1.97. The largest absolute Gasteiger partial charge is 0.310 e. The number of pyridine rings is 1. The van der Waals surface area contributed by atoms with E-state index in [0.717, 1.165) is 5.82 Å². The average Bonchev–Trinajstić information content (AvgIpc) is 2.91. The van der Waals surface area contributed by atoms with Crippen molar-refractivity contribution in [1.29, 1.82) is 0 Å². The van der Waals surface area contributed by atoms with Crippen LogP contribution in [0.15, 0.2) is 36.1 Å². The molecule has 0 aliphatic carbocycles. The number of hydrogen-bond acceptors (Lipinski definition) is 5. The third-order valence-electron chi connectivity index (χ3n) is 2.90. The van der Waals surface area contributed by atoms with E-state index in [1.165, 1.54) is 18.0 Å². The summed E-state index contributed by atoms with van der Waals surface area (Å²) in [7, 11) is 0. The van der Waals surface area contributed by atoms with Crippen molar-refractivity contribution < 1.29 is 4.79 Å². The molecular weight excluding hydrogens is 334 g/mol. The fourth-order valence-electron chi connectivity index (χ4n) is 1.89. The molecule has 1 amide bonds. The highest BCUT2D eigenvalue weighted by Gasteiger charge is 2.15. The second-order valence-electron chi connectivity index (χ2n) is 5.09. The SMILES string of the molecule is C=CCn1c(SCC(=O)Nc2ccc(Cl)cn2)nnc1C(C)C. The van der Waals surface area contributed by atoms with Gasteiger partial charge >= 0.3 is 0 Å². The van der Waals surface area contributed by atoms with E-state index in [1.807, 2.05) is 4.57 Å². The zero-order valence-corrected chi connectivity index (χ0v) is 14.6. The van der Waals surface area contributed by atoms with Crippen molar-refractivity contribution >= 4 is 35.1 Å². The third kappa shape index (κ3) is 4.80. The lowest BCUT2D eigenvalue weighted by Gasteiger charge is -2.09. The van der Waals surface area contributed by atoms with Gasteiger partial charge in [0.05, 0.1) is 10.8 Å². The van der Waals surface area contributed by atoms with Crippen LogP contribution in [0.2, 0.25) is 5.02 Å². The molecule has 0 radical (unpaired) electrons. The zero-order valence-electron chi connectivity index (χ0n) is 13.0. The maximum Gasteiger partial charge on any atom is 0.236 e. The van der Waals surface area contributed by atoms with Gasteiger partial charge in [-0.25, -0.2) is 4.98 Å². The number of amides is 1. The number of carbonyl (C=O) groups is 1. The lowest BCUT2D eigenvalue weighted by molar-refractivity contribution is -0.113. The van der Waals surface area contributed by atoms with E-state index in [-0.39, 0.29) is 17.6 Å². The van der Waals surface area contributed by atoms with Crippen LogP contribution in [0.5, 0.6) is 0 Å². The molecule has 0 saturated carbocycles. The molecule has 23 heavy (non-hydrogen) atoms. The number of anilines is 1. The highest BCUT2D eigenvalue weighted by Crippen LogP contribution is 2.21. The van der Waals surface area contributed by atoms with Crippen LogP contribution >= 0.6 is 23.4 Å². The Morgan fingerprint density at radius 1 is 1.48 bits per heavy atom. The summed E-state index contributed by atoms with van der Waals surface area (Å²) in [5, 5.41) is 12.3. The van der Waals surface area contributed by atoms with E-state index < -0.39 is 0 Å². The minimum atomic E-state index is -0.163. The molecule has 1 N–H and O–H groups in total. The van der Waals surface area contributed by atoms with Gasteiger partial charge in [0.2, 0.25) is 5.91 Å². The van der Waals surface area contributed by atoms with Crippen LogP contribution in [0.25, 0.3) is 0 Å². The summed E-state index contributed by atoms with van der Waals surface area (Å²) in [6, 6.07) is 3.33. The first kappa shape index (κ1) is 17.5. The number of aromatic nitrogens is 4. The van der Waals surface area contributed by atoms with Crippen LogP contribution in [-0.2, 0) is 11.3 Å². The molecule has 0 fully saturated rings. The van der Waals surface area contributed by atoms with Crippen molar-refractivity contribution in [2.75, 3.05) is 11.1 Å². The maximum atomic E-state index is 12.0. The number of halogens is 1. The molecule has 0 aliphatic heterocycles. The van der Waals surface area contributed by atoms with Gasteiger partial charge in [-0.3, -0.25) is 4.79 Å². The van der Waals surface area contributed by atoms with E-state index in [2.05, 4.69) is 40.9 Å². The Balaban J connectivity index is 1.98. The average molecular weight is 352 g/mol. The Kier molecular flexibility index (Phi) is 6.18. The number of rotatable bonds is 7. The van der Waals surface area contributed by atoms with Gasteiger partial charge in [-0.15, -0.1) is 16.8 Å². The molecular formula is C15H18ClN5OS. The Labute approximate surface area is 144 Å². The predicted molar refractivity (Wildman–Crippen MR) is 92.9 cm³/mol. The molecule has 0 saturated heterocycles. The quantitative estimate of drug-likeness (QED) is 0.611. The van der Waals surface area contributed by atoms with Crippen molar-refractivity contribution in [2.45, 2.75) is 31.5 Å². The van der Waals surface area contributed by atoms with Crippen LogP contribution in [0, 0.1) is 0 Å². The number of carbonyl (C=O) groups excluding carboxylic acids is 1. The minimum Gasteiger partial charge on any atom is -0.310 e. The first-order valence-corrected chi connectivity index (χ1v) is 8.45. The molecule has 2 heterocycles. The van der Waals surface area contributed by atoms with Crippen molar-refractivity contribution in [3.8, 4) is 0 Å². The normalized spacial score (nSPS) is 10.8. The molecule has 0 atom stereocenters. The van der Waals surface area contributed by atoms with Gasteiger partial charge in [0.1, 0.15) is 11.6 Å². The smallest absolute Gasteiger partial charge is 0.236 e. The van der Waals surface area contributed by atoms with Gasteiger partial charge < -0.3 is 9.88 Å². The number of nitrogens with zero attached hydrogens (tertiary/aromatic N) is 4. The number of nitrogens with one attached hydrogen (secondary N) is 1. The monoisotopic (exact) mass is 351 g/mol. The molecule has 2 aromatic heterocycles. The van der Waals surface area contributed by atoms with Gasteiger partial charge in [0.15, 0.2) is 5.16 Å². The third-order valence-corrected chi connectivity index (χ3v) is 4.09. The van der Waals surface area contributed by atoms with Crippen LogP contribution in [0.4, 0.5) is 5.82 Å². The first-order chi connectivity index (χ1) is 11.0. The molecule has 0 spiro atoms. The second kappa shape index (κ2) is 8.12. The molecule has 0 unspecified atom stereocenters. The molecule has 0 aliphatic rings. The molecule has 6 nitrogen and oxygen atoms in total. The lowest BCUT2D eigenvalue weighted by atomic mass is 10.2. The number of allylic oxidation sites excluding steroid dienone is 1. The van der Waals surface area contributed by atoms with E-state index in [0.29, 0.717) is 22.5 Å². The van der Waals surface area contributed by atoms with Gasteiger partial charge in [-0.1, -0.05) is 43.3 Å². The van der Waals surface area contributed by atoms with Gasteiger partial charge in [-0.2, -0.15) is 0 Å². The molecule has 0 aromatic carbocycles. The van der Waals surface area contributed by atoms with Crippen molar-refractivity contribution in [1.82, 2.24) is 19.7 Å². The molecule has 0 bridgehead atoms. The first-order valence-electron chi connectivity index (χ1n) is 7.09. The van der Waals surface area contributed by atoms with Gasteiger partial charge in [-0.05, 0) is 12.1 Å².